The van der Waals surface area contributed by atoms with Gasteiger partial charge in [-0.1, -0.05) is 0 Å². The van der Waals surface area contributed by atoms with Crippen molar-refractivity contribution >= 4 is 20.7 Å². The van der Waals surface area contributed by atoms with Crippen LogP contribution in [-0.4, -0.2) is 75.7 Å². The third-order valence-corrected chi connectivity index (χ3v) is 3.59. The zero-order valence-corrected chi connectivity index (χ0v) is 11.9. The largest absolute Gasteiger partial charge is 0.397 e. The second-order valence-electron chi connectivity index (χ2n) is 3.97. The van der Waals surface area contributed by atoms with Crippen molar-refractivity contribution in [1.29, 1.82) is 0 Å². The molecule has 2 unspecified atom stereocenters. The summed E-state index contributed by atoms with van der Waals surface area (Å²) in [4.78, 5) is 0. The quantitative estimate of drug-likeness (QED) is 0.375. The molecule has 0 aliphatic carbocycles. The van der Waals surface area contributed by atoms with Gasteiger partial charge in [0.2, 0.25) is 0 Å². The van der Waals surface area contributed by atoms with Crippen LogP contribution in [0, 0.1) is 0 Å². The summed E-state index contributed by atoms with van der Waals surface area (Å²) in [5.41, 5.74) is 0. The van der Waals surface area contributed by atoms with Crippen molar-refractivity contribution in [1.82, 2.24) is 4.72 Å². The fourth-order valence-corrected chi connectivity index (χ4v) is 2.65. The molecule has 0 saturated carbocycles. The molecule has 20 heavy (non-hydrogen) atoms. The molecule has 4 atom stereocenters. The SMILES string of the molecule is CO[C@@H]1C(COS(=O)(=O)O)OCC(NS(=O)(=O)O)[C@@H]1O. The maximum Gasteiger partial charge on any atom is 0.397 e. The fraction of sp³-hybridized carbons (Fsp3) is 1.00. The van der Waals surface area contributed by atoms with E-state index >= 15 is 0 Å². The predicted molar refractivity (Wildman–Crippen MR) is 62.5 cm³/mol. The fourth-order valence-electron chi connectivity index (χ4n) is 1.75. The van der Waals surface area contributed by atoms with Gasteiger partial charge in [0, 0.05) is 7.11 Å². The lowest BCUT2D eigenvalue weighted by Gasteiger charge is -2.38. The van der Waals surface area contributed by atoms with E-state index < -0.39 is 51.7 Å². The van der Waals surface area contributed by atoms with Gasteiger partial charge < -0.3 is 14.6 Å². The predicted octanol–water partition coefficient (Wildman–Crippen LogP) is -2.66. The zero-order valence-electron chi connectivity index (χ0n) is 10.2. The van der Waals surface area contributed by atoms with E-state index in [-0.39, 0.29) is 6.61 Å². The molecule has 1 heterocycles. The molecule has 0 amide bonds. The van der Waals surface area contributed by atoms with E-state index in [2.05, 4.69) is 4.18 Å². The van der Waals surface area contributed by atoms with Gasteiger partial charge in [0.1, 0.15) is 18.3 Å². The van der Waals surface area contributed by atoms with Crippen LogP contribution in [0.3, 0.4) is 0 Å². The van der Waals surface area contributed by atoms with Crippen LogP contribution in [0.5, 0.6) is 0 Å². The molecule has 0 spiro atoms. The van der Waals surface area contributed by atoms with E-state index in [1.807, 2.05) is 0 Å². The van der Waals surface area contributed by atoms with Gasteiger partial charge in [0.25, 0.3) is 0 Å². The van der Waals surface area contributed by atoms with Gasteiger partial charge in [-0.2, -0.15) is 21.6 Å². The molecule has 0 bridgehead atoms. The zero-order chi connectivity index (χ0) is 15.6. The lowest BCUT2D eigenvalue weighted by molar-refractivity contribution is -0.167. The minimum Gasteiger partial charge on any atom is -0.389 e. The molecular formula is C7H15NO10S2. The first-order valence-electron chi connectivity index (χ1n) is 5.22. The standard InChI is InChI=1S/C7H15NO10S2/c1-16-7-5(3-18-20(13,14)15)17-2-4(6(7)9)8-19(10,11)12/h4-9H,2-3H2,1H3,(H,10,11,12)(H,13,14,15)/t4?,5?,6-,7+/m0/s1. The Kier molecular flexibility index (Phi) is 5.82. The Morgan fingerprint density at radius 1 is 1.30 bits per heavy atom. The van der Waals surface area contributed by atoms with E-state index in [0.29, 0.717) is 0 Å². The van der Waals surface area contributed by atoms with Crippen molar-refractivity contribution in [3.63, 3.8) is 0 Å². The first kappa shape index (κ1) is 17.7. The number of methoxy groups -OCH3 is 1. The van der Waals surface area contributed by atoms with Crippen molar-refractivity contribution in [2.45, 2.75) is 24.4 Å². The maximum atomic E-state index is 10.7. The summed E-state index contributed by atoms with van der Waals surface area (Å²) in [5, 5.41) is 9.88. The molecule has 13 heteroatoms. The summed E-state index contributed by atoms with van der Waals surface area (Å²) in [6.45, 7) is -0.993. The van der Waals surface area contributed by atoms with Crippen LogP contribution in [0.15, 0.2) is 0 Å². The van der Waals surface area contributed by atoms with Crippen molar-refractivity contribution in [3.8, 4) is 0 Å². The Hall–Kier alpha value is -0.380. The third-order valence-electron chi connectivity index (χ3n) is 2.56. The summed E-state index contributed by atoms with van der Waals surface area (Å²) >= 11 is 0. The normalized spacial score (nSPS) is 32.2. The van der Waals surface area contributed by atoms with Crippen LogP contribution in [-0.2, 0) is 34.4 Å². The van der Waals surface area contributed by atoms with Crippen LogP contribution < -0.4 is 4.72 Å². The van der Waals surface area contributed by atoms with Crippen molar-refractivity contribution in [3.05, 3.63) is 0 Å². The van der Waals surface area contributed by atoms with Gasteiger partial charge in [-0.05, 0) is 0 Å². The molecule has 0 radical (unpaired) electrons. The molecule has 0 aromatic heterocycles. The highest BCUT2D eigenvalue weighted by Crippen LogP contribution is 2.19. The molecule has 4 N–H and O–H groups in total. The minimum atomic E-state index is -4.68. The van der Waals surface area contributed by atoms with Gasteiger partial charge in [0.05, 0.1) is 19.3 Å². The smallest absolute Gasteiger partial charge is 0.389 e. The van der Waals surface area contributed by atoms with E-state index in [4.69, 9.17) is 18.6 Å². The molecule has 11 nitrogen and oxygen atoms in total. The van der Waals surface area contributed by atoms with Crippen LogP contribution in [0.25, 0.3) is 0 Å². The minimum absolute atomic E-state index is 0.361. The highest BCUT2D eigenvalue weighted by Gasteiger charge is 2.41. The Morgan fingerprint density at radius 2 is 1.90 bits per heavy atom. The number of hydrogen-bond acceptors (Lipinski definition) is 8. The molecule has 1 fully saturated rings. The van der Waals surface area contributed by atoms with E-state index in [1.54, 1.807) is 4.72 Å². The second-order valence-corrected chi connectivity index (χ2v) is 6.25. The van der Waals surface area contributed by atoms with Crippen LogP contribution in [0.2, 0.25) is 0 Å². The van der Waals surface area contributed by atoms with Gasteiger partial charge in [-0.15, -0.1) is 0 Å². The average molecular weight is 337 g/mol. The van der Waals surface area contributed by atoms with Crippen molar-refractivity contribution < 1.29 is 44.7 Å². The van der Waals surface area contributed by atoms with Crippen LogP contribution in [0.1, 0.15) is 0 Å². The Bertz CT molecular complexity index is 514. The third kappa shape index (κ3) is 5.55. The summed E-state index contributed by atoms with van der Waals surface area (Å²) in [7, 11) is -8.06. The molecule has 1 aliphatic rings. The van der Waals surface area contributed by atoms with Gasteiger partial charge >= 0.3 is 20.7 Å². The summed E-state index contributed by atoms with van der Waals surface area (Å²) in [6, 6.07) is -1.18. The molecular weight excluding hydrogens is 322 g/mol. The number of nitrogens with one attached hydrogen (secondary N) is 1. The van der Waals surface area contributed by atoms with E-state index in [0.717, 1.165) is 0 Å². The maximum absolute atomic E-state index is 10.7. The number of ether oxygens (including phenoxy) is 2. The van der Waals surface area contributed by atoms with E-state index in [1.165, 1.54) is 7.11 Å². The van der Waals surface area contributed by atoms with Crippen molar-refractivity contribution in [2.75, 3.05) is 20.3 Å². The summed E-state index contributed by atoms with van der Waals surface area (Å²) < 4.78 is 75.1. The Morgan fingerprint density at radius 3 is 2.35 bits per heavy atom. The summed E-state index contributed by atoms with van der Waals surface area (Å²) in [5.74, 6) is 0. The molecule has 120 valence electrons. The molecule has 1 saturated heterocycles. The monoisotopic (exact) mass is 337 g/mol. The first-order chi connectivity index (χ1) is 9.03. The highest BCUT2D eigenvalue weighted by molar-refractivity contribution is 7.83. The lowest BCUT2D eigenvalue weighted by atomic mass is 9.99. The number of hydrogen-bond donors (Lipinski definition) is 4. The van der Waals surface area contributed by atoms with Gasteiger partial charge in [-0.25, -0.2) is 4.18 Å². The van der Waals surface area contributed by atoms with Crippen LogP contribution >= 0.6 is 0 Å². The highest BCUT2D eigenvalue weighted by atomic mass is 32.3. The van der Waals surface area contributed by atoms with Crippen LogP contribution in [0.4, 0.5) is 0 Å². The Labute approximate surface area is 115 Å². The Balaban J connectivity index is 2.71. The molecule has 1 rings (SSSR count). The molecule has 1 aliphatic heterocycles. The average Bonchev–Trinajstić information content (AvgIpc) is 2.27. The molecule has 0 aromatic carbocycles. The van der Waals surface area contributed by atoms with E-state index in [9.17, 15) is 21.9 Å². The topological polar surface area (TPSA) is 169 Å². The summed E-state index contributed by atoms with van der Waals surface area (Å²) in [6.07, 6.45) is -3.62. The number of aliphatic hydroxyl groups is 1. The number of aliphatic hydroxyl groups excluding tert-OH is 1. The van der Waals surface area contributed by atoms with Gasteiger partial charge in [-0.3, -0.25) is 9.11 Å². The van der Waals surface area contributed by atoms with Crippen molar-refractivity contribution in [2.24, 2.45) is 0 Å². The first-order valence-corrected chi connectivity index (χ1v) is 8.03. The number of rotatable bonds is 6. The lowest BCUT2D eigenvalue weighted by Crippen LogP contribution is -2.60. The second kappa shape index (κ2) is 6.59. The van der Waals surface area contributed by atoms with Gasteiger partial charge in [0.15, 0.2) is 0 Å². The molecule has 0 aromatic rings.